The largest absolute Gasteiger partial charge is 0.408 e. The van der Waals surface area contributed by atoms with Gasteiger partial charge in [-0.25, -0.2) is 9.37 Å². The Hall–Kier alpha value is -2.75. The molecule has 1 fully saturated rings. The number of hydrogen-bond acceptors (Lipinski definition) is 3. The number of fused-ring (bicyclic) bond motifs is 2. The molecule has 0 radical (unpaired) electrons. The molecule has 1 saturated carbocycles. The van der Waals surface area contributed by atoms with Gasteiger partial charge in [-0.05, 0) is 29.9 Å². The smallest absolute Gasteiger partial charge is 0.253 e. The van der Waals surface area contributed by atoms with E-state index in [0.29, 0.717) is 16.7 Å². The zero-order valence-corrected chi connectivity index (χ0v) is 15.2. The maximum atomic E-state index is 15.2. The van der Waals surface area contributed by atoms with Gasteiger partial charge in [-0.2, -0.15) is 32.3 Å². The molecule has 3 heterocycles. The van der Waals surface area contributed by atoms with Crippen molar-refractivity contribution in [1.82, 2.24) is 24.4 Å². The van der Waals surface area contributed by atoms with Gasteiger partial charge in [-0.15, -0.1) is 0 Å². The summed E-state index contributed by atoms with van der Waals surface area (Å²) < 4.78 is 68.9. The Morgan fingerprint density at radius 2 is 1.86 bits per heavy atom. The SMILES string of the molecule is Fc1c([C@H]2CC2c2cc(Cl)nn3c(F)cnc23)ccc2cnn(CC(F)(F)F)c12. The van der Waals surface area contributed by atoms with E-state index in [0.717, 1.165) is 10.7 Å². The highest BCUT2D eigenvalue weighted by molar-refractivity contribution is 6.29. The van der Waals surface area contributed by atoms with Gasteiger partial charge in [0.05, 0.1) is 12.4 Å². The predicted molar refractivity (Wildman–Crippen MR) is 93.8 cm³/mol. The lowest BCUT2D eigenvalue weighted by Gasteiger charge is -2.10. The number of benzene rings is 1. The maximum absolute atomic E-state index is 15.2. The van der Waals surface area contributed by atoms with Gasteiger partial charge < -0.3 is 0 Å². The molecule has 0 amide bonds. The predicted octanol–water partition coefficient (Wildman–Crippen LogP) is 4.84. The molecule has 0 bridgehead atoms. The van der Waals surface area contributed by atoms with E-state index in [-0.39, 0.29) is 39.1 Å². The van der Waals surface area contributed by atoms with Crippen LogP contribution in [0.4, 0.5) is 22.0 Å². The Kier molecular flexibility index (Phi) is 3.86. The molecule has 0 N–H and O–H groups in total. The van der Waals surface area contributed by atoms with Crippen LogP contribution in [0.1, 0.15) is 29.4 Å². The van der Waals surface area contributed by atoms with E-state index in [1.807, 2.05) is 0 Å². The van der Waals surface area contributed by atoms with Crippen molar-refractivity contribution in [3.05, 3.63) is 58.6 Å². The summed E-state index contributed by atoms with van der Waals surface area (Å²) in [5.41, 5.74) is 0.991. The van der Waals surface area contributed by atoms with E-state index in [4.69, 9.17) is 11.6 Å². The fourth-order valence-electron chi connectivity index (χ4n) is 3.82. The first-order valence-electron chi connectivity index (χ1n) is 8.63. The minimum Gasteiger partial charge on any atom is -0.253 e. The molecule has 1 aliphatic rings. The summed E-state index contributed by atoms with van der Waals surface area (Å²) in [6, 6.07) is 4.65. The van der Waals surface area contributed by atoms with Crippen molar-refractivity contribution >= 4 is 28.2 Å². The van der Waals surface area contributed by atoms with Crippen molar-refractivity contribution in [3.63, 3.8) is 0 Å². The molecule has 0 aliphatic heterocycles. The highest BCUT2D eigenvalue weighted by atomic mass is 35.5. The molecule has 150 valence electrons. The highest BCUT2D eigenvalue weighted by Gasteiger charge is 2.43. The number of nitrogens with zero attached hydrogens (tertiary/aromatic N) is 5. The van der Waals surface area contributed by atoms with Gasteiger partial charge in [0.1, 0.15) is 12.1 Å². The van der Waals surface area contributed by atoms with Gasteiger partial charge in [0.25, 0.3) is 0 Å². The molecular formula is C18H11ClF5N5. The zero-order valence-electron chi connectivity index (χ0n) is 14.5. The molecule has 5 nitrogen and oxygen atoms in total. The van der Waals surface area contributed by atoms with E-state index in [1.165, 1.54) is 6.20 Å². The Bertz CT molecular complexity index is 1260. The van der Waals surface area contributed by atoms with Gasteiger partial charge in [-0.3, -0.25) is 4.68 Å². The Morgan fingerprint density at radius 1 is 1.10 bits per heavy atom. The van der Waals surface area contributed by atoms with Crippen LogP contribution in [-0.4, -0.2) is 30.6 Å². The van der Waals surface area contributed by atoms with Gasteiger partial charge >= 0.3 is 6.18 Å². The van der Waals surface area contributed by atoms with Gasteiger partial charge in [0.15, 0.2) is 16.6 Å². The van der Waals surface area contributed by atoms with Gasteiger partial charge in [0.2, 0.25) is 5.95 Å². The van der Waals surface area contributed by atoms with Crippen molar-refractivity contribution in [2.45, 2.75) is 31.0 Å². The average Bonchev–Trinajstić information content (AvgIpc) is 3.19. The second-order valence-electron chi connectivity index (χ2n) is 7.01. The summed E-state index contributed by atoms with van der Waals surface area (Å²) >= 11 is 5.98. The van der Waals surface area contributed by atoms with Crippen LogP contribution in [-0.2, 0) is 6.54 Å². The summed E-state index contributed by atoms with van der Waals surface area (Å²) in [5, 5.41) is 7.88. The lowest BCUT2D eigenvalue weighted by atomic mass is 10.0. The summed E-state index contributed by atoms with van der Waals surface area (Å²) in [6.45, 7) is -1.38. The van der Waals surface area contributed by atoms with Crippen molar-refractivity contribution in [2.75, 3.05) is 0 Å². The minimum atomic E-state index is -4.52. The normalized spacial score (nSPS) is 19.4. The number of rotatable bonds is 3. The van der Waals surface area contributed by atoms with Crippen LogP contribution in [0.15, 0.2) is 30.6 Å². The Balaban J connectivity index is 1.55. The first-order valence-corrected chi connectivity index (χ1v) is 9.01. The third kappa shape index (κ3) is 3.02. The second-order valence-corrected chi connectivity index (χ2v) is 7.40. The summed E-state index contributed by atoms with van der Waals surface area (Å²) in [6.07, 6.45) is -1.77. The molecule has 29 heavy (non-hydrogen) atoms. The number of imidazole rings is 1. The third-order valence-corrected chi connectivity index (χ3v) is 5.30. The maximum Gasteiger partial charge on any atom is 0.408 e. The summed E-state index contributed by atoms with van der Waals surface area (Å²) in [4.78, 5) is 4.00. The lowest BCUT2D eigenvalue weighted by Crippen LogP contribution is -2.19. The first-order chi connectivity index (χ1) is 13.7. The monoisotopic (exact) mass is 427 g/mol. The van der Waals surface area contributed by atoms with Crippen LogP contribution < -0.4 is 0 Å². The number of halogens is 6. The molecule has 1 aliphatic carbocycles. The molecule has 3 aromatic heterocycles. The topological polar surface area (TPSA) is 48.0 Å². The standard InChI is InChI=1S/C18H11ClF5N5/c19-13-4-12(17-25-6-14(20)29(17)27-13)11-3-10(11)9-2-1-8-5-26-28(7-18(22,23)24)16(8)15(9)21/h1-2,4-6,10-11H,3,7H2/t10-,11?/m1/s1. The van der Waals surface area contributed by atoms with Crippen LogP contribution in [0.3, 0.4) is 0 Å². The average molecular weight is 428 g/mol. The highest BCUT2D eigenvalue weighted by Crippen LogP contribution is 2.56. The minimum absolute atomic E-state index is 0.0641. The molecule has 5 rings (SSSR count). The number of aromatic nitrogens is 5. The first kappa shape index (κ1) is 18.3. The lowest BCUT2D eigenvalue weighted by molar-refractivity contribution is -0.141. The van der Waals surface area contributed by atoms with Crippen LogP contribution in [0, 0.1) is 11.8 Å². The van der Waals surface area contributed by atoms with Crippen molar-refractivity contribution in [2.24, 2.45) is 0 Å². The molecule has 0 saturated heterocycles. The summed E-state index contributed by atoms with van der Waals surface area (Å²) in [5.74, 6) is -1.91. The molecule has 2 atom stereocenters. The molecule has 4 aromatic rings. The van der Waals surface area contributed by atoms with E-state index in [1.54, 1.807) is 18.2 Å². The van der Waals surface area contributed by atoms with E-state index in [9.17, 15) is 17.6 Å². The molecule has 1 aromatic carbocycles. The molecule has 11 heteroatoms. The number of hydrogen-bond donors (Lipinski definition) is 0. The Labute approximate surface area is 164 Å². The van der Waals surface area contributed by atoms with Crippen molar-refractivity contribution < 1.29 is 22.0 Å². The quantitative estimate of drug-likeness (QED) is 0.439. The van der Waals surface area contributed by atoms with Crippen LogP contribution in [0.5, 0.6) is 0 Å². The van der Waals surface area contributed by atoms with Crippen LogP contribution in [0.25, 0.3) is 16.6 Å². The number of alkyl halides is 3. The van der Waals surface area contributed by atoms with Crippen molar-refractivity contribution in [3.8, 4) is 0 Å². The van der Waals surface area contributed by atoms with E-state index < -0.39 is 24.5 Å². The van der Waals surface area contributed by atoms with E-state index >= 15 is 4.39 Å². The van der Waals surface area contributed by atoms with E-state index in [2.05, 4.69) is 15.2 Å². The summed E-state index contributed by atoms with van der Waals surface area (Å²) in [7, 11) is 0. The Morgan fingerprint density at radius 3 is 2.62 bits per heavy atom. The molecule has 1 unspecified atom stereocenters. The fourth-order valence-corrected chi connectivity index (χ4v) is 4.01. The molecular weight excluding hydrogens is 417 g/mol. The van der Waals surface area contributed by atoms with Crippen molar-refractivity contribution in [1.29, 1.82) is 0 Å². The second kappa shape index (κ2) is 6.12. The zero-order chi connectivity index (χ0) is 20.5. The third-order valence-electron chi connectivity index (χ3n) is 5.11. The van der Waals surface area contributed by atoms with Gasteiger partial charge in [-0.1, -0.05) is 23.7 Å². The van der Waals surface area contributed by atoms with Crippen LogP contribution in [0.2, 0.25) is 5.15 Å². The van der Waals surface area contributed by atoms with Gasteiger partial charge in [0, 0.05) is 10.9 Å². The van der Waals surface area contributed by atoms with Crippen LogP contribution >= 0.6 is 11.6 Å². The molecule has 0 spiro atoms. The fraction of sp³-hybridized carbons (Fsp3) is 0.278.